The van der Waals surface area contributed by atoms with Crippen molar-refractivity contribution in [2.75, 3.05) is 26.2 Å². The fourth-order valence-electron chi connectivity index (χ4n) is 1.70. The number of amides is 4. The Morgan fingerprint density at radius 3 is 1.81 bits per heavy atom. The minimum absolute atomic E-state index is 0.132. The third-order valence-corrected chi connectivity index (χ3v) is 2.55. The van der Waals surface area contributed by atoms with Crippen molar-refractivity contribution in [2.45, 2.75) is 25.7 Å². The highest BCUT2D eigenvalue weighted by Crippen LogP contribution is 1.97. The molecule has 0 aliphatic carbocycles. The number of hydrogen-bond acceptors (Lipinski definition) is 5. The van der Waals surface area contributed by atoms with E-state index in [2.05, 4.69) is 5.32 Å². The van der Waals surface area contributed by atoms with Gasteiger partial charge in [-0.05, 0) is 12.8 Å². The van der Waals surface area contributed by atoms with Gasteiger partial charge in [0.15, 0.2) is 0 Å². The van der Waals surface area contributed by atoms with Crippen molar-refractivity contribution in [3.05, 3.63) is 0 Å². The molecule has 0 spiro atoms. The number of hydrogen-bond donors (Lipinski definition) is 4. The minimum Gasteiger partial charge on any atom is -0.370 e. The molecule has 0 bridgehead atoms. The Morgan fingerprint density at radius 1 is 0.762 bits per heavy atom. The van der Waals surface area contributed by atoms with E-state index in [1.165, 1.54) is 4.90 Å². The molecule has 9 heteroatoms. The number of rotatable bonds is 12. The molecule has 0 unspecified atom stereocenters. The predicted molar refractivity (Wildman–Crippen MR) is 75.5 cm³/mol. The van der Waals surface area contributed by atoms with E-state index >= 15 is 0 Å². The first-order valence-corrected chi connectivity index (χ1v) is 6.65. The fourth-order valence-corrected chi connectivity index (χ4v) is 1.70. The van der Waals surface area contributed by atoms with E-state index in [9.17, 15) is 19.2 Å². The lowest BCUT2D eigenvalue weighted by Crippen LogP contribution is -2.45. The standard InChI is InChI=1S/C12H23N5O4/c13-9(18)4-2-1-3-5-16-12(21)8-17(6-10(14)19)7-11(15)20/h1-8H2,(H2,13,18)(H2,14,19)(H2,15,20)(H,16,21). The number of carbonyl (C=O) groups is 4. The van der Waals surface area contributed by atoms with E-state index in [1.807, 2.05) is 0 Å². The van der Waals surface area contributed by atoms with Crippen molar-refractivity contribution in [3.8, 4) is 0 Å². The molecular formula is C12H23N5O4. The molecule has 0 fully saturated rings. The zero-order valence-electron chi connectivity index (χ0n) is 12.0. The molecule has 0 rings (SSSR count). The molecule has 0 atom stereocenters. The third kappa shape index (κ3) is 12.6. The van der Waals surface area contributed by atoms with Gasteiger partial charge in [0.2, 0.25) is 23.6 Å². The summed E-state index contributed by atoms with van der Waals surface area (Å²) in [4.78, 5) is 45.0. The van der Waals surface area contributed by atoms with Crippen molar-refractivity contribution >= 4 is 23.6 Å². The largest absolute Gasteiger partial charge is 0.370 e. The molecule has 0 aromatic heterocycles. The van der Waals surface area contributed by atoms with Gasteiger partial charge in [0.1, 0.15) is 0 Å². The zero-order valence-corrected chi connectivity index (χ0v) is 12.0. The lowest BCUT2D eigenvalue weighted by Gasteiger charge is -2.18. The molecule has 21 heavy (non-hydrogen) atoms. The number of primary amides is 3. The highest BCUT2D eigenvalue weighted by atomic mass is 16.2. The van der Waals surface area contributed by atoms with Crippen molar-refractivity contribution < 1.29 is 19.2 Å². The number of carbonyl (C=O) groups excluding carboxylic acids is 4. The average Bonchev–Trinajstić information content (AvgIpc) is 2.31. The van der Waals surface area contributed by atoms with Gasteiger partial charge in [-0.2, -0.15) is 0 Å². The van der Waals surface area contributed by atoms with E-state index in [0.29, 0.717) is 25.8 Å². The van der Waals surface area contributed by atoms with Crippen LogP contribution in [0.4, 0.5) is 0 Å². The van der Waals surface area contributed by atoms with E-state index in [1.54, 1.807) is 0 Å². The molecule has 0 saturated heterocycles. The quantitative estimate of drug-likeness (QED) is 0.291. The van der Waals surface area contributed by atoms with Gasteiger partial charge in [-0.3, -0.25) is 24.1 Å². The minimum atomic E-state index is -0.643. The summed E-state index contributed by atoms with van der Waals surface area (Å²) in [7, 11) is 0. The Hall–Kier alpha value is -2.16. The van der Waals surface area contributed by atoms with Crippen LogP contribution >= 0.6 is 0 Å². The molecule has 4 amide bonds. The topological polar surface area (TPSA) is 162 Å². The van der Waals surface area contributed by atoms with Crippen LogP contribution in [0.3, 0.4) is 0 Å². The predicted octanol–water partition coefficient (Wildman–Crippen LogP) is -2.58. The molecule has 0 heterocycles. The van der Waals surface area contributed by atoms with E-state index in [0.717, 1.165) is 6.42 Å². The molecule has 9 nitrogen and oxygen atoms in total. The first kappa shape index (κ1) is 18.8. The Labute approximate surface area is 123 Å². The molecule has 0 aliphatic heterocycles. The molecular weight excluding hydrogens is 278 g/mol. The van der Waals surface area contributed by atoms with Gasteiger partial charge in [0.25, 0.3) is 0 Å². The number of nitrogens with two attached hydrogens (primary N) is 3. The van der Waals surface area contributed by atoms with E-state index in [4.69, 9.17) is 17.2 Å². The van der Waals surface area contributed by atoms with Crippen LogP contribution in [0.2, 0.25) is 0 Å². The second kappa shape index (κ2) is 10.6. The van der Waals surface area contributed by atoms with Crippen molar-refractivity contribution in [1.82, 2.24) is 10.2 Å². The van der Waals surface area contributed by atoms with E-state index in [-0.39, 0.29) is 31.4 Å². The van der Waals surface area contributed by atoms with Crippen LogP contribution in [0.15, 0.2) is 0 Å². The SMILES string of the molecule is NC(=O)CCCCCNC(=O)CN(CC(N)=O)CC(N)=O. The van der Waals surface area contributed by atoms with Gasteiger partial charge in [-0.1, -0.05) is 6.42 Å². The van der Waals surface area contributed by atoms with Gasteiger partial charge < -0.3 is 22.5 Å². The van der Waals surface area contributed by atoms with Crippen LogP contribution in [0, 0.1) is 0 Å². The Morgan fingerprint density at radius 2 is 1.33 bits per heavy atom. The van der Waals surface area contributed by atoms with E-state index < -0.39 is 11.8 Å². The first-order valence-electron chi connectivity index (χ1n) is 6.65. The maximum atomic E-state index is 11.6. The summed E-state index contributed by atoms with van der Waals surface area (Å²) in [6.07, 6.45) is 2.50. The summed E-state index contributed by atoms with van der Waals surface area (Å²) in [5, 5.41) is 2.65. The lowest BCUT2D eigenvalue weighted by molar-refractivity contribution is -0.126. The highest BCUT2D eigenvalue weighted by Gasteiger charge is 2.14. The second-order valence-corrected chi connectivity index (χ2v) is 4.70. The number of unbranched alkanes of at least 4 members (excludes halogenated alkanes) is 2. The highest BCUT2D eigenvalue weighted by molar-refractivity contribution is 5.82. The summed E-state index contributed by atoms with van der Waals surface area (Å²) in [5.74, 6) is -1.95. The van der Waals surface area contributed by atoms with Gasteiger partial charge >= 0.3 is 0 Å². The van der Waals surface area contributed by atoms with Crippen LogP contribution in [0.1, 0.15) is 25.7 Å². The number of nitrogens with one attached hydrogen (secondary N) is 1. The maximum Gasteiger partial charge on any atom is 0.234 e. The normalized spacial score (nSPS) is 10.3. The smallest absolute Gasteiger partial charge is 0.234 e. The van der Waals surface area contributed by atoms with Crippen LogP contribution in [0.5, 0.6) is 0 Å². The van der Waals surface area contributed by atoms with Gasteiger partial charge in [-0.25, -0.2) is 0 Å². The van der Waals surface area contributed by atoms with Crippen LogP contribution in [0.25, 0.3) is 0 Å². The molecule has 120 valence electrons. The van der Waals surface area contributed by atoms with Crippen LogP contribution < -0.4 is 22.5 Å². The van der Waals surface area contributed by atoms with Gasteiger partial charge in [0.05, 0.1) is 19.6 Å². The average molecular weight is 301 g/mol. The molecule has 0 saturated carbocycles. The molecule has 0 aromatic carbocycles. The first-order chi connectivity index (χ1) is 9.81. The Bertz CT molecular complexity index is 370. The van der Waals surface area contributed by atoms with Crippen LogP contribution in [-0.2, 0) is 19.2 Å². The van der Waals surface area contributed by atoms with Crippen molar-refractivity contribution in [3.63, 3.8) is 0 Å². The summed E-state index contributed by atoms with van der Waals surface area (Å²) >= 11 is 0. The van der Waals surface area contributed by atoms with Gasteiger partial charge in [-0.15, -0.1) is 0 Å². The maximum absolute atomic E-state index is 11.6. The summed E-state index contributed by atoms with van der Waals surface area (Å²) in [5.41, 5.74) is 15.0. The Kier molecular flexibility index (Phi) is 9.52. The van der Waals surface area contributed by atoms with Crippen molar-refractivity contribution in [2.24, 2.45) is 17.2 Å². The molecule has 0 aliphatic rings. The zero-order chi connectivity index (χ0) is 16.3. The van der Waals surface area contributed by atoms with Crippen molar-refractivity contribution in [1.29, 1.82) is 0 Å². The fraction of sp³-hybridized carbons (Fsp3) is 0.667. The van der Waals surface area contributed by atoms with Gasteiger partial charge in [0, 0.05) is 13.0 Å². The second-order valence-electron chi connectivity index (χ2n) is 4.70. The summed E-state index contributed by atoms with van der Waals surface area (Å²) in [6.45, 7) is -0.115. The molecule has 0 radical (unpaired) electrons. The Balaban J connectivity index is 3.89. The molecule has 0 aromatic rings. The van der Waals surface area contributed by atoms with Crippen LogP contribution in [-0.4, -0.2) is 54.7 Å². The molecule has 7 N–H and O–H groups in total. The summed E-state index contributed by atoms with van der Waals surface area (Å²) in [6, 6.07) is 0. The summed E-state index contributed by atoms with van der Waals surface area (Å²) < 4.78 is 0. The third-order valence-electron chi connectivity index (χ3n) is 2.55. The lowest BCUT2D eigenvalue weighted by atomic mass is 10.2. The monoisotopic (exact) mass is 301 g/mol. The number of nitrogens with zero attached hydrogens (tertiary/aromatic N) is 1.